The number of hydrogen-bond acceptors (Lipinski definition) is 2. The summed E-state index contributed by atoms with van der Waals surface area (Å²) in [6.07, 6.45) is 3.89. The van der Waals surface area contributed by atoms with Crippen LogP contribution in [0.15, 0.2) is 0 Å². The van der Waals surface area contributed by atoms with E-state index in [4.69, 9.17) is 4.74 Å². The molecular weight excluding hydrogens is 174 g/mol. The molecule has 2 fully saturated rings. The van der Waals surface area contributed by atoms with Crippen LogP contribution < -0.4 is 5.32 Å². The van der Waals surface area contributed by atoms with Crippen molar-refractivity contribution in [2.75, 3.05) is 26.8 Å². The molecule has 2 rings (SSSR count). The molecule has 2 heteroatoms. The van der Waals surface area contributed by atoms with Gasteiger partial charge in [0.2, 0.25) is 0 Å². The average molecular weight is 197 g/mol. The zero-order valence-electron chi connectivity index (χ0n) is 9.73. The third-order valence-corrected chi connectivity index (χ3v) is 4.75. The first-order valence-electron chi connectivity index (χ1n) is 5.87. The van der Waals surface area contributed by atoms with Gasteiger partial charge >= 0.3 is 0 Å². The lowest BCUT2D eigenvalue weighted by atomic mass is 9.88. The minimum Gasteiger partial charge on any atom is -0.381 e. The van der Waals surface area contributed by atoms with Gasteiger partial charge in [-0.1, -0.05) is 13.8 Å². The maximum atomic E-state index is 5.57. The van der Waals surface area contributed by atoms with E-state index in [1.54, 1.807) is 0 Å². The van der Waals surface area contributed by atoms with Gasteiger partial charge in [-0.15, -0.1) is 0 Å². The van der Waals surface area contributed by atoms with Gasteiger partial charge in [0.25, 0.3) is 0 Å². The quantitative estimate of drug-likeness (QED) is 0.731. The summed E-state index contributed by atoms with van der Waals surface area (Å²) in [7, 11) is 2.06. The number of rotatable bonds is 2. The minimum absolute atomic E-state index is 0.531. The van der Waals surface area contributed by atoms with E-state index in [0.717, 1.165) is 19.1 Å². The summed E-state index contributed by atoms with van der Waals surface area (Å²) in [5.41, 5.74) is 1.12. The van der Waals surface area contributed by atoms with Crippen LogP contribution in [0.3, 0.4) is 0 Å². The second-order valence-electron chi connectivity index (χ2n) is 5.45. The number of hydrogen-bond donors (Lipinski definition) is 1. The molecule has 0 bridgehead atoms. The van der Waals surface area contributed by atoms with Crippen molar-refractivity contribution in [3.63, 3.8) is 0 Å². The van der Waals surface area contributed by atoms with Gasteiger partial charge in [-0.3, -0.25) is 0 Å². The van der Waals surface area contributed by atoms with Crippen LogP contribution in [0.2, 0.25) is 0 Å². The maximum Gasteiger partial charge on any atom is 0.0471 e. The Labute approximate surface area is 87.4 Å². The fourth-order valence-corrected chi connectivity index (χ4v) is 3.68. The van der Waals surface area contributed by atoms with Gasteiger partial charge in [0, 0.05) is 13.2 Å². The van der Waals surface area contributed by atoms with E-state index in [1.807, 2.05) is 0 Å². The first kappa shape index (κ1) is 10.4. The fourth-order valence-electron chi connectivity index (χ4n) is 3.68. The molecular formula is C12H23NO. The second kappa shape index (κ2) is 3.49. The highest BCUT2D eigenvalue weighted by atomic mass is 16.5. The van der Waals surface area contributed by atoms with Gasteiger partial charge in [0.15, 0.2) is 0 Å². The summed E-state index contributed by atoms with van der Waals surface area (Å²) in [6, 6.07) is 0. The van der Waals surface area contributed by atoms with Crippen LogP contribution >= 0.6 is 0 Å². The third-order valence-electron chi connectivity index (χ3n) is 4.75. The van der Waals surface area contributed by atoms with Crippen molar-refractivity contribution in [2.45, 2.75) is 33.1 Å². The molecule has 0 amide bonds. The molecule has 1 aliphatic heterocycles. The van der Waals surface area contributed by atoms with E-state index in [0.29, 0.717) is 10.8 Å². The summed E-state index contributed by atoms with van der Waals surface area (Å²) in [6.45, 7) is 7.99. The Hall–Kier alpha value is -0.0800. The van der Waals surface area contributed by atoms with Crippen molar-refractivity contribution < 1.29 is 4.74 Å². The Balaban J connectivity index is 2.07. The molecule has 2 unspecified atom stereocenters. The maximum absolute atomic E-state index is 5.57. The van der Waals surface area contributed by atoms with Crippen molar-refractivity contribution in [1.82, 2.24) is 5.32 Å². The predicted molar refractivity (Wildman–Crippen MR) is 58.3 cm³/mol. The van der Waals surface area contributed by atoms with Crippen LogP contribution in [-0.2, 0) is 4.74 Å². The summed E-state index contributed by atoms with van der Waals surface area (Å²) in [4.78, 5) is 0. The zero-order valence-corrected chi connectivity index (χ0v) is 9.73. The second-order valence-corrected chi connectivity index (χ2v) is 5.45. The van der Waals surface area contributed by atoms with Crippen LogP contribution in [0.5, 0.6) is 0 Å². The molecule has 14 heavy (non-hydrogen) atoms. The van der Waals surface area contributed by atoms with Crippen molar-refractivity contribution in [3.05, 3.63) is 0 Å². The van der Waals surface area contributed by atoms with Gasteiger partial charge < -0.3 is 10.1 Å². The minimum atomic E-state index is 0.531. The Bertz CT molecular complexity index is 204. The van der Waals surface area contributed by atoms with E-state index >= 15 is 0 Å². The van der Waals surface area contributed by atoms with E-state index in [-0.39, 0.29) is 0 Å². The molecule has 2 atom stereocenters. The van der Waals surface area contributed by atoms with Crippen molar-refractivity contribution in [1.29, 1.82) is 0 Å². The lowest BCUT2D eigenvalue weighted by molar-refractivity contribution is 0.137. The highest BCUT2D eigenvalue weighted by Gasteiger charge is 2.68. The molecule has 0 aromatic heterocycles. The zero-order chi connectivity index (χ0) is 10.2. The average Bonchev–Trinajstić information content (AvgIpc) is 2.72. The summed E-state index contributed by atoms with van der Waals surface area (Å²) in [5.74, 6) is 0.863. The largest absolute Gasteiger partial charge is 0.381 e. The van der Waals surface area contributed by atoms with Crippen LogP contribution in [0.1, 0.15) is 33.1 Å². The lowest BCUT2D eigenvalue weighted by Crippen LogP contribution is -2.15. The van der Waals surface area contributed by atoms with Crippen molar-refractivity contribution >= 4 is 0 Å². The molecule has 1 aliphatic carbocycles. The summed E-state index contributed by atoms with van der Waals surface area (Å²) >= 11 is 0. The molecule has 1 saturated heterocycles. The Kier molecular flexibility index (Phi) is 2.61. The van der Waals surface area contributed by atoms with Crippen molar-refractivity contribution in [3.8, 4) is 0 Å². The SMILES string of the molecule is CNCC1C(C)(C)C12CCCOCC2. The molecule has 1 heterocycles. The molecule has 82 valence electrons. The number of ether oxygens (including phenoxy) is 1. The van der Waals surface area contributed by atoms with Gasteiger partial charge in [-0.25, -0.2) is 0 Å². The highest BCUT2D eigenvalue weighted by molar-refractivity contribution is 5.17. The molecule has 1 N–H and O–H groups in total. The van der Waals surface area contributed by atoms with E-state index in [1.165, 1.54) is 25.8 Å². The van der Waals surface area contributed by atoms with Crippen LogP contribution in [0.4, 0.5) is 0 Å². The van der Waals surface area contributed by atoms with E-state index in [2.05, 4.69) is 26.2 Å². The highest BCUT2D eigenvalue weighted by Crippen LogP contribution is 2.72. The van der Waals surface area contributed by atoms with Crippen LogP contribution in [-0.4, -0.2) is 26.8 Å². The van der Waals surface area contributed by atoms with Gasteiger partial charge in [0.1, 0.15) is 0 Å². The first-order chi connectivity index (χ1) is 6.65. The summed E-state index contributed by atoms with van der Waals surface area (Å²) < 4.78 is 5.57. The molecule has 2 nitrogen and oxygen atoms in total. The third kappa shape index (κ3) is 1.31. The van der Waals surface area contributed by atoms with E-state index < -0.39 is 0 Å². The smallest absolute Gasteiger partial charge is 0.0471 e. The molecule has 0 aromatic rings. The molecule has 1 saturated carbocycles. The van der Waals surface area contributed by atoms with Crippen LogP contribution in [0.25, 0.3) is 0 Å². The first-order valence-corrected chi connectivity index (χ1v) is 5.87. The molecule has 2 aliphatic rings. The Morgan fingerprint density at radius 2 is 2.07 bits per heavy atom. The van der Waals surface area contributed by atoms with Gasteiger partial charge in [-0.2, -0.15) is 0 Å². The molecule has 0 radical (unpaired) electrons. The molecule has 0 aromatic carbocycles. The Morgan fingerprint density at radius 3 is 2.79 bits per heavy atom. The standard InChI is InChI=1S/C12H23NO/c1-11(2)10(9-13-3)12(11)5-4-7-14-8-6-12/h10,13H,4-9H2,1-3H3. The monoisotopic (exact) mass is 197 g/mol. The van der Waals surface area contributed by atoms with Gasteiger partial charge in [-0.05, 0) is 49.6 Å². The van der Waals surface area contributed by atoms with E-state index in [9.17, 15) is 0 Å². The Morgan fingerprint density at radius 1 is 1.29 bits per heavy atom. The topological polar surface area (TPSA) is 21.3 Å². The fraction of sp³-hybridized carbons (Fsp3) is 1.00. The summed E-state index contributed by atoms with van der Waals surface area (Å²) in [5, 5.41) is 3.34. The predicted octanol–water partition coefficient (Wildman–Crippen LogP) is 2.05. The van der Waals surface area contributed by atoms with Crippen molar-refractivity contribution in [2.24, 2.45) is 16.7 Å². The van der Waals surface area contributed by atoms with Crippen LogP contribution in [0, 0.1) is 16.7 Å². The lowest BCUT2D eigenvalue weighted by Gasteiger charge is -2.16. The molecule has 1 spiro atoms. The normalized spacial score (nSPS) is 40.9. The van der Waals surface area contributed by atoms with Gasteiger partial charge in [0.05, 0.1) is 0 Å². The number of nitrogens with one attached hydrogen (secondary N) is 1.